The summed E-state index contributed by atoms with van der Waals surface area (Å²) < 4.78 is 39.0. The van der Waals surface area contributed by atoms with Crippen LogP contribution in [0.5, 0.6) is 0 Å². The summed E-state index contributed by atoms with van der Waals surface area (Å²) in [5, 5.41) is 8.10. The van der Waals surface area contributed by atoms with Crippen molar-refractivity contribution in [1.29, 1.82) is 0 Å². The molecule has 0 saturated heterocycles. The molecule has 2 atom stereocenters. The molecule has 0 amide bonds. The van der Waals surface area contributed by atoms with Crippen molar-refractivity contribution in [2.24, 2.45) is 5.92 Å². The number of rotatable bonds is 12. The van der Waals surface area contributed by atoms with Crippen molar-refractivity contribution in [3.8, 4) is 0 Å². The van der Waals surface area contributed by atoms with Crippen molar-refractivity contribution in [1.82, 2.24) is 15.0 Å². The summed E-state index contributed by atoms with van der Waals surface area (Å²) in [5.41, 5.74) is -0.710. The third kappa shape index (κ3) is 6.98. The number of alkyl halides is 2. The summed E-state index contributed by atoms with van der Waals surface area (Å²) in [5.74, 6) is -4.85. The van der Waals surface area contributed by atoms with Gasteiger partial charge < -0.3 is 4.74 Å². The highest BCUT2D eigenvalue weighted by Crippen LogP contribution is 2.44. The highest BCUT2D eigenvalue weighted by molar-refractivity contribution is 5.70. The monoisotopic (exact) mass is 469 g/mol. The van der Waals surface area contributed by atoms with E-state index in [1.54, 1.807) is 4.68 Å². The second-order valence-corrected chi connectivity index (χ2v) is 10.7. The number of ether oxygens (including phenoxy) is 1. The Morgan fingerprint density at radius 2 is 1.76 bits per heavy atom. The van der Waals surface area contributed by atoms with Crippen LogP contribution in [0.3, 0.4) is 0 Å². The number of halogens is 2. The minimum atomic E-state index is -3.21. The molecule has 1 heterocycles. The summed E-state index contributed by atoms with van der Waals surface area (Å²) in [6.45, 7) is 12.2. The van der Waals surface area contributed by atoms with Crippen LogP contribution in [-0.4, -0.2) is 26.6 Å². The van der Waals surface area contributed by atoms with E-state index in [2.05, 4.69) is 24.2 Å². The predicted molar refractivity (Wildman–Crippen MR) is 127 cm³/mol. The van der Waals surface area contributed by atoms with Gasteiger partial charge in [-0.1, -0.05) is 51.7 Å². The highest BCUT2D eigenvalue weighted by Gasteiger charge is 2.48. The second-order valence-electron chi connectivity index (χ2n) is 10.7. The van der Waals surface area contributed by atoms with E-state index in [9.17, 15) is 4.79 Å². The summed E-state index contributed by atoms with van der Waals surface area (Å²) in [7, 11) is 0. The minimum absolute atomic E-state index is 0.252. The molecule has 2 unspecified atom stereocenters. The van der Waals surface area contributed by atoms with Crippen molar-refractivity contribution in [3.63, 3.8) is 0 Å². The van der Waals surface area contributed by atoms with Crippen LogP contribution in [0.1, 0.15) is 130 Å². The van der Waals surface area contributed by atoms with E-state index >= 15 is 8.78 Å². The molecule has 0 N–H and O–H groups in total. The molecule has 2 rings (SSSR count). The standard InChI is InChI=1S/C26H45F2N3O2/c1-7-10-14-18-25(6,17-11-8-2)33-22(32)19-20-15-12-13-16-21-23(26(20,27)28)29-30-31(21)24(4,5)9-3/h20H,7-19H2,1-6H3. The van der Waals surface area contributed by atoms with Crippen LogP contribution < -0.4 is 0 Å². The first-order valence-corrected chi connectivity index (χ1v) is 13.1. The molecule has 1 aliphatic rings. The summed E-state index contributed by atoms with van der Waals surface area (Å²) in [6.07, 6.45) is 9.37. The van der Waals surface area contributed by atoms with E-state index in [1.165, 1.54) is 0 Å². The fourth-order valence-electron chi connectivity index (χ4n) is 4.75. The number of unbranched alkanes of at least 4 members (excludes halogenated alkanes) is 3. The van der Waals surface area contributed by atoms with E-state index in [4.69, 9.17) is 4.74 Å². The molecule has 190 valence electrons. The number of carbonyl (C=O) groups is 1. The van der Waals surface area contributed by atoms with E-state index in [1.807, 2.05) is 27.7 Å². The van der Waals surface area contributed by atoms with Crippen LogP contribution in [0, 0.1) is 5.92 Å². The van der Waals surface area contributed by atoms with Gasteiger partial charge in [-0.2, -0.15) is 8.78 Å². The maximum absolute atomic E-state index is 15.7. The molecule has 1 aromatic rings. The minimum Gasteiger partial charge on any atom is -0.459 e. The van der Waals surface area contributed by atoms with E-state index < -0.39 is 23.4 Å². The van der Waals surface area contributed by atoms with Crippen molar-refractivity contribution in [2.75, 3.05) is 0 Å². The number of hydrogen-bond donors (Lipinski definition) is 0. The quantitative estimate of drug-likeness (QED) is 0.238. The third-order valence-electron chi connectivity index (χ3n) is 7.39. The molecule has 0 radical (unpaired) electrons. The molecule has 0 spiro atoms. The summed E-state index contributed by atoms with van der Waals surface area (Å²) in [4.78, 5) is 12.9. The van der Waals surface area contributed by atoms with Crippen molar-refractivity contribution in [2.45, 2.75) is 142 Å². The number of carbonyl (C=O) groups excluding carboxylic acids is 1. The van der Waals surface area contributed by atoms with Crippen LogP contribution >= 0.6 is 0 Å². The smallest absolute Gasteiger partial charge is 0.306 e. The van der Waals surface area contributed by atoms with Gasteiger partial charge in [-0.05, 0) is 72.1 Å². The lowest BCUT2D eigenvalue weighted by Gasteiger charge is -2.33. The average molecular weight is 470 g/mol. The van der Waals surface area contributed by atoms with E-state index in [-0.39, 0.29) is 24.1 Å². The Labute approximate surface area is 199 Å². The molecular formula is C26H45F2N3O2. The number of esters is 1. The number of aromatic nitrogens is 3. The first-order valence-electron chi connectivity index (χ1n) is 13.1. The Hall–Kier alpha value is -1.53. The second kappa shape index (κ2) is 11.7. The van der Waals surface area contributed by atoms with Gasteiger partial charge in [0, 0.05) is 5.92 Å². The van der Waals surface area contributed by atoms with Gasteiger partial charge in [0.05, 0.1) is 17.7 Å². The van der Waals surface area contributed by atoms with Gasteiger partial charge in [-0.25, -0.2) is 4.68 Å². The Bertz CT molecular complexity index is 763. The Morgan fingerprint density at radius 3 is 2.39 bits per heavy atom. The van der Waals surface area contributed by atoms with Crippen LogP contribution in [0.4, 0.5) is 8.78 Å². The molecular weight excluding hydrogens is 424 g/mol. The van der Waals surface area contributed by atoms with Gasteiger partial charge in [-0.15, -0.1) is 5.10 Å². The molecule has 0 saturated carbocycles. The van der Waals surface area contributed by atoms with Gasteiger partial charge in [0.15, 0.2) is 5.69 Å². The Kier molecular flexibility index (Phi) is 9.86. The Morgan fingerprint density at radius 1 is 1.09 bits per heavy atom. The zero-order chi connectivity index (χ0) is 24.7. The van der Waals surface area contributed by atoms with Crippen LogP contribution in [0.25, 0.3) is 0 Å². The molecule has 0 aliphatic heterocycles. The topological polar surface area (TPSA) is 57.0 Å². The normalized spacial score (nSPS) is 20.4. The maximum atomic E-state index is 15.7. The lowest BCUT2D eigenvalue weighted by molar-refractivity contribution is -0.166. The van der Waals surface area contributed by atoms with Gasteiger partial charge >= 0.3 is 5.97 Å². The highest BCUT2D eigenvalue weighted by atomic mass is 19.3. The number of fused-ring (bicyclic) bond motifs is 1. The van der Waals surface area contributed by atoms with Gasteiger partial charge in [-0.3, -0.25) is 4.79 Å². The lowest BCUT2D eigenvalue weighted by atomic mass is 9.85. The zero-order valence-electron chi connectivity index (χ0n) is 21.7. The maximum Gasteiger partial charge on any atom is 0.306 e. The molecule has 33 heavy (non-hydrogen) atoms. The number of nitrogens with zero attached hydrogens (tertiary/aromatic N) is 3. The number of hydrogen-bond acceptors (Lipinski definition) is 4. The van der Waals surface area contributed by atoms with Crippen LogP contribution in [0.15, 0.2) is 0 Å². The molecule has 0 bridgehead atoms. The first kappa shape index (κ1) is 27.7. The van der Waals surface area contributed by atoms with Crippen molar-refractivity contribution < 1.29 is 18.3 Å². The fraction of sp³-hybridized carbons (Fsp3) is 0.885. The average Bonchev–Trinajstić information content (AvgIpc) is 3.19. The predicted octanol–water partition coefficient (Wildman–Crippen LogP) is 7.32. The lowest BCUT2D eigenvalue weighted by Crippen LogP contribution is -2.36. The molecule has 1 aliphatic carbocycles. The molecule has 0 fully saturated rings. The summed E-state index contributed by atoms with van der Waals surface area (Å²) in [6, 6.07) is 0. The Balaban J connectivity index is 2.21. The van der Waals surface area contributed by atoms with Gasteiger partial charge in [0.25, 0.3) is 5.92 Å². The fourth-order valence-corrected chi connectivity index (χ4v) is 4.75. The van der Waals surface area contributed by atoms with Crippen LogP contribution in [0.2, 0.25) is 0 Å². The largest absolute Gasteiger partial charge is 0.459 e. The SMILES string of the molecule is CCCCCC(C)(CCCC)OC(=O)CC1CCCCc2c(nnn2C(C)(C)CC)C1(F)F. The van der Waals surface area contributed by atoms with Crippen molar-refractivity contribution in [3.05, 3.63) is 11.4 Å². The van der Waals surface area contributed by atoms with E-state index in [0.717, 1.165) is 57.8 Å². The third-order valence-corrected chi connectivity index (χ3v) is 7.39. The van der Waals surface area contributed by atoms with Crippen LogP contribution in [-0.2, 0) is 27.4 Å². The van der Waals surface area contributed by atoms with E-state index in [0.29, 0.717) is 18.5 Å². The zero-order valence-corrected chi connectivity index (χ0v) is 21.7. The van der Waals surface area contributed by atoms with Gasteiger partial charge in [0.2, 0.25) is 0 Å². The molecule has 1 aromatic heterocycles. The van der Waals surface area contributed by atoms with Gasteiger partial charge in [0.1, 0.15) is 5.60 Å². The molecule has 7 heteroatoms. The summed E-state index contributed by atoms with van der Waals surface area (Å²) >= 11 is 0. The molecule has 0 aromatic carbocycles. The first-order chi connectivity index (χ1) is 15.5. The van der Waals surface area contributed by atoms with Crippen molar-refractivity contribution >= 4 is 5.97 Å². The molecule has 5 nitrogen and oxygen atoms in total.